The van der Waals surface area contributed by atoms with E-state index >= 15 is 0 Å². The van der Waals surface area contributed by atoms with Crippen LogP contribution in [0, 0.1) is 6.92 Å². The van der Waals surface area contributed by atoms with Crippen molar-refractivity contribution in [2.45, 2.75) is 38.8 Å². The van der Waals surface area contributed by atoms with Crippen molar-refractivity contribution < 1.29 is 9.53 Å². The third-order valence-corrected chi connectivity index (χ3v) is 4.60. The van der Waals surface area contributed by atoms with Crippen LogP contribution in [-0.4, -0.2) is 34.7 Å². The second kappa shape index (κ2) is 5.81. The lowest BCUT2D eigenvalue weighted by Gasteiger charge is -2.28. The van der Waals surface area contributed by atoms with Crippen LogP contribution in [0.1, 0.15) is 24.8 Å². The first-order valence-corrected chi connectivity index (χ1v) is 8.29. The van der Waals surface area contributed by atoms with Gasteiger partial charge in [0.2, 0.25) is 5.95 Å². The first-order valence-electron chi connectivity index (χ1n) is 8.29. The molecule has 0 radical (unpaired) electrons. The van der Waals surface area contributed by atoms with Gasteiger partial charge < -0.3 is 9.30 Å². The summed E-state index contributed by atoms with van der Waals surface area (Å²) in [7, 11) is 0. The van der Waals surface area contributed by atoms with E-state index in [1.165, 1.54) is 5.56 Å². The molecule has 2 aliphatic rings. The third-order valence-electron chi connectivity index (χ3n) is 4.60. The van der Waals surface area contributed by atoms with Crippen LogP contribution in [0.15, 0.2) is 30.5 Å². The standard InChI is InChI=1S/C18H21N3O2/c1-13-5-7-14(8-6-13)15-12-20-9-3-10-21(18(20)19-15)17(22)16-4-2-11-23-16/h5-8,12,16H,2-4,9-11H2,1H3/t16-/m1/s1. The number of aryl methyl sites for hydroxylation is 2. The molecule has 2 aliphatic heterocycles. The Morgan fingerprint density at radius 3 is 2.78 bits per heavy atom. The van der Waals surface area contributed by atoms with E-state index in [9.17, 15) is 4.79 Å². The average molecular weight is 311 g/mol. The monoisotopic (exact) mass is 311 g/mol. The molecule has 0 saturated carbocycles. The number of benzene rings is 1. The summed E-state index contributed by atoms with van der Waals surface area (Å²) in [5.74, 6) is 0.817. The maximum atomic E-state index is 12.7. The fourth-order valence-electron chi connectivity index (χ4n) is 3.30. The van der Waals surface area contributed by atoms with Crippen LogP contribution in [-0.2, 0) is 16.1 Å². The molecule has 5 nitrogen and oxygen atoms in total. The molecule has 0 aliphatic carbocycles. The molecule has 3 heterocycles. The molecule has 120 valence electrons. The van der Waals surface area contributed by atoms with Crippen molar-refractivity contribution in [3.8, 4) is 11.3 Å². The first kappa shape index (κ1) is 14.5. The Kier molecular flexibility index (Phi) is 3.65. The molecule has 1 saturated heterocycles. The molecule has 1 fully saturated rings. The minimum Gasteiger partial charge on any atom is -0.368 e. The minimum atomic E-state index is -0.291. The van der Waals surface area contributed by atoms with Gasteiger partial charge in [-0.2, -0.15) is 0 Å². The number of ether oxygens (including phenoxy) is 1. The summed E-state index contributed by atoms with van der Waals surface area (Å²) < 4.78 is 7.65. The lowest BCUT2D eigenvalue weighted by atomic mass is 10.1. The van der Waals surface area contributed by atoms with E-state index in [1.807, 2.05) is 0 Å². The Balaban J connectivity index is 1.65. The fourth-order valence-corrected chi connectivity index (χ4v) is 3.30. The molecule has 0 N–H and O–H groups in total. The molecule has 23 heavy (non-hydrogen) atoms. The molecule has 5 heteroatoms. The highest BCUT2D eigenvalue weighted by Gasteiger charge is 2.33. The number of imidazole rings is 1. The molecule has 0 unspecified atom stereocenters. The highest BCUT2D eigenvalue weighted by atomic mass is 16.5. The van der Waals surface area contributed by atoms with Crippen LogP contribution in [0.4, 0.5) is 5.95 Å². The molecule has 4 rings (SSSR count). The Morgan fingerprint density at radius 1 is 1.22 bits per heavy atom. The summed E-state index contributed by atoms with van der Waals surface area (Å²) in [6, 6.07) is 8.33. The topological polar surface area (TPSA) is 47.4 Å². The number of nitrogens with zero attached hydrogens (tertiary/aromatic N) is 3. The number of carbonyl (C=O) groups is 1. The maximum Gasteiger partial charge on any atom is 0.258 e. The average Bonchev–Trinajstić information content (AvgIpc) is 3.24. The zero-order valence-electron chi connectivity index (χ0n) is 13.4. The molecule has 0 spiro atoms. The number of hydrogen-bond acceptors (Lipinski definition) is 3. The Bertz CT molecular complexity index is 714. The van der Waals surface area contributed by atoms with Gasteiger partial charge in [0, 0.05) is 31.5 Å². The van der Waals surface area contributed by atoms with Crippen LogP contribution in [0.25, 0.3) is 11.3 Å². The van der Waals surface area contributed by atoms with Crippen LogP contribution >= 0.6 is 0 Å². The summed E-state index contributed by atoms with van der Waals surface area (Å²) >= 11 is 0. The van der Waals surface area contributed by atoms with E-state index in [0.29, 0.717) is 6.61 Å². The summed E-state index contributed by atoms with van der Waals surface area (Å²) in [5, 5.41) is 0. The van der Waals surface area contributed by atoms with Crippen molar-refractivity contribution >= 4 is 11.9 Å². The van der Waals surface area contributed by atoms with E-state index in [-0.39, 0.29) is 12.0 Å². The van der Waals surface area contributed by atoms with E-state index in [0.717, 1.165) is 49.6 Å². The van der Waals surface area contributed by atoms with Gasteiger partial charge in [0.25, 0.3) is 5.91 Å². The SMILES string of the molecule is Cc1ccc(-c2cn3c(n2)N(C(=O)[C@H]2CCCO2)CCC3)cc1. The summed E-state index contributed by atoms with van der Waals surface area (Å²) in [6.07, 6.45) is 4.50. The largest absolute Gasteiger partial charge is 0.368 e. The number of aromatic nitrogens is 2. The van der Waals surface area contributed by atoms with Crippen LogP contribution in [0.3, 0.4) is 0 Å². The number of rotatable bonds is 2. The molecular weight excluding hydrogens is 290 g/mol. The zero-order valence-corrected chi connectivity index (χ0v) is 13.4. The number of carbonyl (C=O) groups excluding carboxylic acids is 1. The number of hydrogen-bond donors (Lipinski definition) is 0. The number of amides is 1. The van der Waals surface area contributed by atoms with Gasteiger partial charge in [0.15, 0.2) is 0 Å². The predicted octanol–water partition coefficient (Wildman–Crippen LogP) is 2.77. The lowest BCUT2D eigenvalue weighted by Crippen LogP contribution is -2.43. The summed E-state index contributed by atoms with van der Waals surface area (Å²) in [5.41, 5.74) is 3.24. The van der Waals surface area contributed by atoms with E-state index in [1.54, 1.807) is 4.90 Å². The maximum absolute atomic E-state index is 12.7. The Hall–Kier alpha value is -2.14. The van der Waals surface area contributed by atoms with E-state index < -0.39 is 0 Å². The van der Waals surface area contributed by atoms with Gasteiger partial charge in [0.1, 0.15) is 6.10 Å². The quantitative estimate of drug-likeness (QED) is 0.857. The third kappa shape index (κ3) is 2.65. The van der Waals surface area contributed by atoms with Crippen molar-refractivity contribution in [1.82, 2.24) is 9.55 Å². The molecular formula is C18H21N3O2. The highest BCUT2D eigenvalue weighted by Crippen LogP contribution is 2.28. The van der Waals surface area contributed by atoms with Crippen LogP contribution in [0.2, 0.25) is 0 Å². The van der Waals surface area contributed by atoms with Crippen LogP contribution < -0.4 is 4.90 Å². The highest BCUT2D eigenvalue weighted by molar-refractivity contribution is 5.95. The van der Waals surface area contributed by atoms with Gasteiger partial charge >= 0.3 is 0 Å². The molecule has 2 aromatic rings. The molecule has 1 atom stereocenters. The fraction of sp³-hybridized carbons (Fsp3) is 0.444. The first-order chi connectivity index (χ1) is 11.2. The number of anilines is 1. The van der Waals surface area contributed by atoms with Crippen molar-refractivity contribution in [1.29, 1.82) is 0 Å². The number of fused-ring (bicyclic) bond motifs is 1. The van der Waals surface area contributed by atoms with Crippen molar-refractivity contribution in [3.63, 3.8) is 0 Å². The van der Waals surface area contributed by atoms with Crippen molar-refractivity contribution in [3.05, 3.63) is 36.0 Å². The van der Waals surface area contributed by atoms with Crippen LogP contribution in [0.5, 0.6) is 0 Å². The van der Waals surface area contributed by atoms with Gasteiger partial charge in [-0.25, -0.2) is 4.98 Å². The normalized spacial score (nSPS) is 20.6. The van der Waals surface area contributed by atoms with Gasteiger partial charge in [-0.1, -0.05) is 29.8 Å². The lowest BCUT2D eigenvalue weighted by molar-refractivity contribution is -0.127. The van der Waals surface area contributed by atoms with E-state index in [2.05, 4.69) is 42.0 Å². The minimum absolute atomic E-state index is 0.0597. The molecule has 1 aromatic heterocycles. The summed E-state index contributed by atoms with van der Waals surface area (Å²) in [6.45, 7) is 4.39. The molecule has 1 aromatic carbocycles. The van der Waals surface area contributed by atoms with Gasteiger partial charge in [0.05, 0.1) is 5.69 Å². The van der Waals surface area contributed by atoms with Gasteiger partial charge in [-0.15, -0.1) is 0 Å². The van der Waals surface area contributed by atoms with Crippen molar-refractivity contribution in [2.24, 2.45) is 0 Å². The van der Waals surface area contributed by atoms with Gasteiger partial charge in [-0.05, 0) is 26.2 Å². The van der Waals surface area contributed by atoms with E-state index in [4.69, 9.17) is 9.72 Å². The second-order valence-corrected chi connectivity index (χ2v) is 6.33. The second-order valence-electron chi connectivity index (χ2n) is 6.33. The smallest absolute Gasteiger partial charge is 0.258 e. The predicted molar refractivity (Wildman–Crippen MR) is 88.3 cm³/mol. The Labute approximate surface area is 135 Å². The van der Waals surface area contributed by atoms with Crippen molar-refractivity contribution in [2.75, 3.05) is 18.1 Å². The Morgan fingerprint density at radius 2 is 2.04 bits per heavy atom. The molecule has 0 bridgehead atoms. The molecule has 1 amide bonds. The zero-order chi connectivity index (χ0) is 15.8. The van der Waals surface area contributed by atoms with Gasteiger partial charge in [-0.3, -0.25) is 9.69 Å². The summed E-state index contributed by atoms with van der Waals surface area (Å²) in [4.78, 5) is 19.2.